The molecule has 0 bridgehead atoms. The fourth-order valence-electron chi connectivity index (χ4n) is 2.68. The predicted molar refractivity (Wildman–Crippen MR) is 104 cm³/mol. The molecule has 6 nitrogen and oxygen atoms in total. The zero-order valence-corrected chi connectivity index (χ0v) is 16.7. The Balaban J connectivity index is 2.13. The molecule has 0 spiro atoms. The molecule has 6 heteroatoms. The van der Waals surface area contributed by atoms with Crippen molar-refractivity contribution in [3.05, 3.63) is 23.8 Å². The van der Waals surface area contributed by atoms with E-state index in [0.717, 1.165) is 49.5 Å². The largest absolute Gasteiger partial charge is 0.493 e. The summed E-state index contributed by atoms with van der Waals surface area (Å²) in [4.78, 5) is 14.2. The van der Waals surface area contributed by atoms with E-state index in [9.17, 15) is 4.79 Å². The number of rotatable bonds is 14. The molecule has 26 heavy (non-hydrogen) atoms. The molecular weight excluding hydrogens is 332 g/mol. The number of ether oxygens (including phenoxy) is 3. The van der Waals surface area contributed by atoms with E-state index in [2.05, 4.69) is 24.1 Å². The van der Waals surface area contributed by atoms with Crippen LogP contribution in [0.4, 0.5) is 0 Å². The quantitative estimate of drug-likeness (QED) is 0.513. The third-order valence-electron chi connectivity index (χ3n) is 4.33. The first-order valence-electron chi connectivity index (χ1n) is 9.42. The molecule has 1 aromatic carbocycles. The Bertz CT molecular complexity index is 519. The van der Waals surface area contributed by atoms with Crippen LogP contribution in [0, 0.1) is 0 Å². The number of aryl methyl sites for hydroxylation is 1. The zero-order chi connectivity index (χ0) is 19.2. The summed E-state index contributed by atoms with van der Waals surface area (Å²) < 4.78 is 16.1. The van der Waals surface area contributed by atoms with Gasteiger partial charge in [-0.1, -0.05) is 19.9 Å². The minimum Gasteiger partial charge on any atom is -0.493 e. The van der Waals surface area contributed by atoms with Crippen LogP contribution in [-0.4, -0.2) is 64.4 Å². The van der Waals surface area contributed by atoms with Gasteiger partial charge in [-0.25, -0.2) is 0 Å². The molecule has 0 aliphatic carbocycles. The van der Waals surface area contributed by atoms with Crippen LogP contribution >= 0.6 is 0 Å². The van der Waals surface area contributed by atoms with Crippen LogP contribution in [0.25, 0.3) is 0 Å². The van der Waals surface area contributed by atoms with Gasteiger partial charge in [-0.2, -0.15) is 0 Å². The maximum Gasteiger partial charge on any atom is 0.220 e. The van der Waals surface area contributed by atoms with Crippen molar-refractivity contribution < 1.29 is 19.0 Å². The Morgan fingerprint density at radius 3 is 2.46 bits per heavy atom. The van der Waals surface area contributed by atoms with E-state index in [0.29, 0.717) is 26.2 Å². The van der Waals surface area contributed by atoms with E-state index < -0.39 is 0 Å². The molecule has 0 aliphatic rings. The molecule has 0 aromatic heterocycles. The van der Waals surface area contributed by atoms with E-state index in [1.807, 2.05) is 18.2 Å². The first kappa shape index (κ1) is 22.3. The Morgan fingerprint density at radius 1 is 1.08 bits per heavy atom. The fraction of sp³-hybridized carbons (Fsp3) is 0.650. The molecule has 0 aliphatic heterocycles. The third kappa shape index (κ3) is 8.54. The SMILES string of the molecule is CCN(CC)CCOCCNC(=O)CCCc1ccc(OC)c(OC)c1. The minimum atomic E-state index is 0.0674. The Kier molecular flexibility index (Phi) is 11.5. The van der Waals surface area contributed by atoms with E-state index in [4.69, 9.17) is 14.2 Å². The molecule has 1 N–H and O–H groups in total. The normalized spacial score (nSPS) is 10.8. The lowest BCUT2D eigenvalue weighted by Gasteiger charge is -2.17. The highest BCUT2D eigenvalue weighted by atomic mass is 16.5. The second-order valence-corrected chi connectivity index (χ2v) is 6.03. The van der Waals surface area contributed by atoms with Crippen molar-refractivity contribution in [1.29, 1.82) is 0 Å². The molecule has 1 rings (SSSR count). The average molecular weight is 367 g/mol. The molecule has 0 fully saturated rings. The number of carbonyl (C=O) groups is 1. The summed E-state index contributed by atoms with van der Waals surface area (Å²) in [5.41, 5.74) is 1.13. The lowest BCUT2D eigenvalue weighted by atomic mass is 10.1. The van der Waals surface area contributed by atoms with Gasteiger partial charge in [0.05, 0.1) is 27.4 Å². The zero-order valence-electron chi connectivity index (χ0n) is 16.7. The van der Waals surface area contributed by atoms with E-state index in [1.54, 1.807) is 14.2 Å². The van der Waals surface area contributed by atoms with Crippen molar-refractivity contribution in [2.24, 2.45) is 0 Å². The minimum absolute atomic E-state index is 0.0674. The number of nitrogens with one attached hydrogen (secondary N) is 1. The summed E-state index contributed by atoms with van der Waals surface area (Å²) in [6.07, 6.45) is 2.13. The molecule has 0 heterocycles. The van der Waals surface area contributed by atoms with Crippen LogP contribution in [-0.2, 0) is 16.0 Å². The molecule has 0 unspecified atom stereocenters. The van der Waals surface area contributed by atoms with Crippen LogP contribution in [0.15, 0.2) is 18.2 Å². The molecule has 0 saturated carbocycles. The Morgan fingerprint density at radius 2 is 1.81 bits per heavy atom. The molecule has 1 aromatic rings. The highest BCUT2D eigenvalue weighted by Crippen LogP contribution is 2.28. The summed E-state index contributed by atoms with van der Waals surface area (Å²) in [6.45, 7) is 9.13. The summed E-state index contributed by atoms with van der Waals surface area (Å²) in [6, 6.07) is 5.85. The highest BCUT2D eigenvalue weighted by molar-refractivity contribution is 5.75. The van der Waals surface area contributed by atoms with Gasteiger partial charge in [0, 0.05) is 19.5 Å². The average Bonchev–Trinajstić information content (AvgIpc) is 2.67. The Hall–Kier alpha value is -1.79. The maximum absolute atomic E-state index is 11.9. The highest BCUT2D eigenvalue weighted by Gasteiger charge is 2.06. The maximum atomic E-state index is 11.9. The summed E-state index contributed by atoms with van der Waals surface area (Å²) >= 11 is 0. The van der Waals surface area contributed by atoms with Crippen molar-refractivity contribution in [3.63, 3.8) is 0 Å². The van der Waals surface area contributed by atoms with Crippen molar-refractivity contribution in [1.82, 2.24) is 10.2 Å². The van der Waals surface area contributed by atoms with Gasteiger partial charge in [0.15, 0.2) is 11.5 Å². The standard InChI is InChI=1S/C20H34N2O4/c1-5-22(6-2)13-15-26-14-12-21-20(23)9-7-8-17-10-11-18(24-3)19(16-17)25-4/h10-11,16H,5-9,12-15H2,1-4H3,(H,21,23). The smallest absolute Gasteiger partial charge is 0.220 e. The second kappa shape index (κ2) is 13.4. The lowest BCUT2D eigenvalue weighted by molar-refractivity contribution is -0.121. The van der Waals surface area contributed by atoms with Crippen molar-refractivity contribution >= 4 is 5.91 Å². The first-order chi connectivity index (χ1) is 12.6. The van der Waals surface area contributed by atoms with Gasteiger partial charge in [-0.3, -0.25) is 4.79 Å². The molecule has 148 valence electrons. The van der Waals surface area contributed by atoms with Crippen molar-refractivity contribution in [3.8, 4) is 11.5 Å². The van der Waals surface area contributed by atoms with Gasteiger partial charge >= 0.3 is 0 Å². The van der Waals surface area contributed by atoms with Gasteiger partial charge in [0.1, 0.15) is 0 Å². The van der Waals surface area contributed by atoms with Gasteiger partial charge in [-0.15, -0.1) is 0 Å². The lowest BCUT2D eigenvalue weighted by Crippen LogP contribution is -2.30. The number of benzene rings is 1. The van der Waals surface area contributed by atoms with Crippen LogP contribution in [0.5, 0.6) is 11.5 Å². The van der Waals surface area contributed by atoms with E-state index >= 15 is 0 Å². The number of amides is 1. The molecule has 0 radical (unpaired) electrons. The topological polar surface area (TPSA) is 60.0 Å². The Labute approximate surface area is 157 Å². The number of nitrogens with zero attached hydrogens (tertiary/aromatic N) is 1. The van der Waals surface area contributed by atoms with E-state index in [1.165, 1.54) is 0 Å². The number of likely N-dealkylation sites (N-methyl/N-ethyl adjacent to an activating group) is 1. The predicted octanol–water partition coefficient (Wildman–Crippen LogP) is 2.50. The van der Waals surface area contributed by atoms with Gasteiger partial charge in [-0.05, 0) is 43.6 Å². The van der Waals surface area contributed by atoms with Crippen LogP contribution in [0.1, 0.15) is 32.3 Å². The molecule has 0 atom stereocenters. The number of methoxy groups -OCH3 is 2. The van der Waals surface area contributed by atoms with Crippen molar-refractivity contribution in [2.45, 2.75) is 33.1 Å². The number of hydrogen-bond acceptors (Lipinski definition) is 5. The van der Waals surface area contributed by atoms with Gasteiger partial charge in [0.25, 0.3) is 0 Å². The monoisotopic (exact) mass is 366 g/mol. The first-order valence-corrected chi connectivity index (χ1v) is 9.42. The van der Waals surface area contributed by atoms with Crippen LogP contribution in [0.2, 0.25) is 0 Å². The summed E-state index contributed by atoms with van der Waals surface area (Å²) in [5, 5.41) is 2.90. The van der Waals surface area contributed by atoms with E-state index in [-0.39, 0.29) is 5.91 Å². The molecule has 1 amide bonds. The number of hydrogen-bond donors (Lipinski definition) is 1. The van der Waals surface area contributed by atoms with Crippen LogP contribution < -0.4 is 14.8 Å². The third-order valence-corrected chi connectivity index (χ3v) is 4.33. The fourth-order valence-corrected chi connectivity index (χ4v) is 2.68. The number of carbonyl (C=O) groups excluding carboxylic acids is 1. The summed E-state index contributed by atoms with van der Waals surface area (Å²) in [7, 11) is 3.24. The molecular formula is C20H34N2O4. The summed E-state index contributed by atoms with van der Waals surface area (Å²) in [5.74, 6) is 1.50. The molecule has 0 saturated heterocycles. The van der Waals surface area contributed by atoms with Crippen LogP contribution in [0.3, 0.4) is 0 Å². The van der Waals surface area contributed by atoms with Gasteiger partial charge in [0.2, 0.25) is 5.91 Å². The van der Waals surface area contributed by atoms with Gasteiger partial charge < -0.3 is 24.4 Å². The second-order valence-electron chi connectivity index (χ2n) is 6.03. The van der Waals surface area contributed by atoms with Crippen molar-refractivity contribution in [2.75, 3.05) is 53.6 Å².